The maximum absolute atomic E-state index is 11.7. The van der Waals surface area contributed by atoms with Crippen LogP contribution in [0.4, 0.5) is 9.59 Å². The summed E-state index contributed by atoms with van der Waals surface area (Å²) in [7, 11) is 0. The van der Waals surface area contributed by atoms with E-state index in [9.17, 15) is 9.59 Å². The molecule has 0 heterocycles. The number of carbonyl (C=O) groups is 2. The molecule has 1 aliphatic carbocycles. The van der Waals surface area contributed by atoms with E-state index in [1.54, 1.807) is 0 Å². The van der Waals surface area contributed by atoms with E-state index in [4.69, 9.17) is 9.47 Å². The minimum Gasteiger partial charge on any atom is -0.444 e. The van der Waals surface area contributed by atoms with Gasteiger partial charge in [-0.2, -0.15) is 0 Å². The molecule has 3 N–H and O–H groups in total. The van der Waals surface area contributed by atoms with Gasteiger partial charge >= 0.3 is 12.2 Å². The van der Waals surface area contributed by atoms with Gasteiger partial charge in [0, 0.05) is 12.1 Å². The molecule has 1 rings (SSSR count). The van der Waals surface area contributed by atoms with Gasteiger partial charge in [0.1, 0.15) is 11.2 Å². The molecule has 0 aliphatic heterocycles. The normalized spacial score (nSPS) is 22.2. The molecule has 1 fully saturated rings. The molecule has 0 unspecified atom stereocenters. The summed E-state index contributed by atoms with van der Waals surface area (Å²) in [5.74, 6) is 0. The Morgan fingerprint density at radius 2 is 1.22 bits per heavy atom. The van der Waals surface area contributed by atoms with Crippen molar-refractivity contribution in [1.82, 2.24) is 16.2 Å². The SMILES string of the molecule is CC(C)(C)OC(=O)NNC1CCC(NC(=O)OC(C)(C)C)CC1. The Balaban J connectivity index is 2.23. The van der Waals surface area contributed by atoms with Crippen LogP contribution in [-0.2, 0) is 9.47 Å². The highest BCUT2D eigenvalue weighted by Crippen LogP contribution is 2.19. The van der Waals surface area contributed by atoms with Crippen LogP contribution in [0.1, 0.15) is 67.2 Å². The molecule has 0 spiro atoms. The standard InChI is InChI=1S/C16H31N3O4/c1-15(2,3)22-13(20)17-11-7-9-12(10-8-11)18-19-14(21)23-16(4,5)6/h11-12,18H,7-10H2,1-6H3,(H,17,20)(H,19,21). The smallest absolute Gasteiger partial charge is 0.422 e. The first-order chi connectivity index (χ1) is 10.4. The highest BCUT2D eigenvalue weighted by molar-refractivity contribution is 5.68. The lowest BCUT2D eigenvalue weighted by molar-refractivity contribution is 0.0474. The number of carbonyl (C=O) groups excluding carboxylic acids is 2. The summed E-state index contributed by atoms with van der Waals surface area (Å²) >= 11 is 0. The van der Waals surface area contributed by atoms with Gasteiger partial charge in [0.2, 0.25) is 0 Å². The zero-order valence-electron chi connectivity index (χ0n) is 15.1. The third kappa shape index (κ3) is 9.28. The van der Waals surface area contributed by atoms with Gasteiger partial charge in [-0.1, -0.05) is 0 Å². The van der Waals surface area contributed by atoms with Crippen molar-refractivity contribution >= 4 is 12.2 Å². The van der Waals surface area contributed by atoms with Gasteiger partial charge < -0.3 is 14.8 Å². The molecule has 0 bridgehead atoms. The largest absolute Gasteiger partial charge is 0.444 e. The Morgan fingerprint density at radius 1 is 0.783 bits per heavy atom. The summed E-state index contributed by atoms with van der Waals surface area (Å²) in [6.07, 6.45) is 2.54. The quantitative estimate of drug-likeness (QED) is 0.693. The Morgan fingerprint density at radius 3 is 1.70 bits per heavy atom. The van der Waals surface area contributed by atoms with Crippen molar-refractivity contribution in [1.29, 1.82) is 0 Å². The number of rotatable bonds is 3. The van der Waals surface area contributed by atoms with Crippen molar-refractivity contribution in [3.63, 3.8) is 0 Å². The Kier molecular flexibility index (Phi) is 6.68. The van der Waals surface area contributed by atoms with Crippen molar-refractivity contribution in [3.8, 4) is 0 Å². The van der Waals surface area contributed by atoms with E-state index in [1.165, 1.54) is 0 Å². The van der Waals surface area contributed by atoms with Gasteiger partial charge in [-0.25, -0.2) is 15.0 Å². The van der Waals surface area contributed by atoms with E-state index >= 15 is 0 Å². The molecule has 1 saturated carbocycles. The summed E-state index contributed by atoms with van der Waals surface area (Å²) in [5, 5.41) is 2.89. The van der Waals surface area contributed by atoms with Gasteiger partial charge in [-0.3, -0.25) is 5.43 Å². The molecule has 7 nitrogen and oxygen atoms in total. The number of amides is 2. The second-order valence-corrected chi connectivity index (χ2v) is 7.97. The lowest BCUT2D eigenvalue weighted by atomic mass is 9.92. The molecule has 2 amide bonds. The second-order valence-electron chi connectivity index (χ2n) is 7.97. The van der Waals surface area contributed by atoms with Crippen LogP contribution in [0.25, 0.3) is 0 Å². The average molecular weight is 329 g/mol. The van der Waals surface area contributed by atoms with Crippen molar-refractivity contribution < 1.29 is 19.1 Å². The number of hydrogen-bond acceptors (Lipinski definition) is 5. The molecule has 0 atom stereocenters. The van der Waals surface area contributed by atoms with Crippen molar-refractivity contribution in [2.24, 2.45) is 0 Å². The van der Waals surface area contributed by atoms with E-state index < -0.39 is 17.3 Å². The highest BCUT2D eigenvalue weighted by atomic mass is 16.6. The monoisotopic (exact) mass is 329 g/mol. The third-order valence-electron chi connectivity index (χ3n) is 3.23. The molecule has 0 aromatic carbocycles. The van der Waals surface area contributed by atoms with Crippen LogP contribution < -0.4 is 16.2 Å². The first-order valence-electron chi connectivity index (χ1n) is 8.19. The average Bonchev–Trinajstić information content (AvgIpc) is 2.33. The molecule has 0 saturated heterocycles. The molecule has 23 heavy (non-hydrogen) atoms. The second kappa shape index (κ2) is 7.86. The van der Waals surface area contributed by atoms with E-state index in [0.29, 0.717) is 0 Å². The maximum atomic E-state index is 11.7. The summed E-state index contributed by atoms with van der Waals surface area (Å²) in [6.45, 7) is 11.0. The van der Waals surface area contributed by atoms with Gasteiger partial charge in [-0.05, 0) is 67.2 Å². The molecule has 0 aromatic rings. The summed E-state index contributed by atoms with van der Waals surface area (Å²) < 4.78 is 10.4. The first-order valence-corrected chi connectivity index (χ1v) is 8.19. The van der Waals surface area contributed by atoms with E-state index in [1.807, 2.05) is 41.5 Å². The van der Waals surface area contributed by atoms with Crippen molar-refractivity contribution in [2.45, 2.75) is 90.5 Å². The Bertz CT molecular complexity index is 405. The number of ether oxygens (including phenoxy) is 2. The molecule has 0 aromatic heterocycles. The van der Waals surface area contributed by atoms with E-state index in [2.05, 4.69) is 16.2 Å². The van der Waals surface area contributed by atoms with Crippen LogP contribution in [0.2, 0.25) is 0 Å². The lowest BCUT2D eigenvalue weighted by Crippen LogP contribution is -2.49. The number of hydrazine groups is 1. The number of hydrogen-bond donors (Lipinski definition) is 3. The molecular formula is C16H31N3O4. The predicted octanol–water partition coefficient (Wildman–Crippen LogP) is 2.85. The molecular weight excluding hydrogens is 298 g/mol. The van der Waals surface area contributed by atoms with Crippen LogP contribution in [-0.4, -0.2) is 35.5 Å². The summed E-state index contributed by atoms with van der Waals surface area (Å²) in [6, 6.07) is 0.295. The predicted molar refractivity (Wildman–Crippen MR) is 87.9 cm³/mol. The lowest BCUT2D eigenvalue weighted by Gasteiger charge is -2.30. The minimum absolute atomic E-state index is 0.115. The fourth-order valence-electron chi connectivity index (χ4n) is 2.32. The summed E-state index contributed by atoms with van der Waals surface area (Å²) in [4.78, 5) is 23.3. The van der Waals surface area contributed by atoms with Crippen LogP contribution >= 0.6 is 0 Å². The highest BCUT2D eigenvalue weighted by Gasteiger charge is 2.25. The van der Waals surface area contributed by atoms with Crippen LogP contribution in [0, 0.1) is 0 Å². The minimum atomic E-state index is -0.513. The van der Waals surface area contributed by atoms with Crippen LogP contribution in [0.5, 0.6) is 0 Å². The molecule has 0 radical (unpaired) electrons. The topological polar surface area (TPSA) is 88.7 Å². The fourth-order valence-corrected chi connectivity index (χ4v) is 2.32. The van der Waals surface area contributed by atoms with E-state index in [-0.39, 0.29) is 18.2 Å². The first kappa shape index (κ1) is 19.5. The Hall–Kier alpha value is -1.50. The molecule has 7 heteroatoms. The van der Waals surface area contributed by atoms with Gasteiger partial charge in [0.05, 0.1) is 0 Å². The fraction of sp³-hybridized carbons (Fsp3) is 0.875. The van der Waals surface area contributed by atoms with E-state index in [0.717, 1.165) is 25.7 Å². The number of alkyl carbamates (subject to hydrolysis) is 1. The van der Waals surface area contributed by atoms with Gasteiger partial charge in [-0.15, -0.1) is 0 Å². The van der Waals surface area contributed by atoms with Crippen molar-refractivity contribution in [2.75, 3.05) is 0 Å². The van der Waals surface area contributed by atoms with Gasteiger partial charge in [0.25, 0.3) is 0 Å². The summed E-state index contributed by atoms with van der Waals surface area (Å²) in [5.41, 5.74) is 4.56. The third-order valence-corrected chi connectivity index (χ3v) is 3.23. The Labute approximate surface area is 138 Å². The number of nitrogens with one attached hydrogen (secondary N) is 3. The zero-order chi connectivity index (χ0) is 17.7. The van der Waals surface area contributed by atoms with Gasteiger partial charge in [0.15, 0.2) is 0 Å². The van der Waals surface area contributed by atoms with Crippen LogP contribution in [0.15, 0.2) is 0 Å². The zero-order valence-corrected chi connectivity index (χ0v) is 15.1. The van der Waals surface area contributed by atoms with Crippen molar-refractivity contribution in [3.05, 3.63) is 0 Å². The maximum Gasteiger partial charge on any atom is 0.422 e. The van der Waals surface area contributed by atoms with Crippen LogP contribution in [0.3, 0.4) is 0 Å². The molecule has 1 aliphatic rings. The molecule has 134 valence electrons.